The summed E-state index contributed by atoms with van der Waals surface area (Å²) >= 11 is 5.13. The maximum atomic E-state index is 14.2. The molecule has 51 heavy (non-hydrogen) atoms. The van der Waals surface area contributed by atoms with Crippen molar-refractivity contribution in [2.45, 2.75) is 36.8 Å². The van der Waals surface area contributed by atoms with Crippen molar-refractivity contribution in [3.63, 3.8) is 0 Å². The molecule has 0 heterocycles. The van der Waals surface area contributed by atoms with Crippen LogP contribution in [0.15, 0.2) is 24.3 Å². The minimum atomic E-state index is -5.14. The number of carbonyl (C=O) groups excluding carboxylic acids is 5. The van der Waals surface area contributed by atoms with E-state index in [1.165, 1.54) is 30.0 Å². The van der Waals surface area contributed by atoms with Crippen molar-refractivity contribution in [1.29, 1.82) is 0 Å². The zero-order valence-electron chi connectivity index (χ0n) is 27.2. The number of rotatable bonds is 5. The van der Waals surface area contributed by atoms with Crippen LogP contribution in [0.25, 0.3) is 0 Å². The normalized spacial score (nSPS) is 26.3. The predicted molar refractivity (Wildman–Crippen MR) is 172 cm³/mol. The van der Waals surface area contributed by atoms with Crippen molar-refractivity contribution in [3.8, 4) is 5.75 Å². The van der Waals surface area contributed by atoms with E-state index in [0.717, 1.165) is 0 Å². The maximum Gasteiger partial charge on any atom is 0.416 e. The molecular weight excluding hydrogens is 712 g/mol. The summed E-state index contributed by atoms with van der Waals surface area (Å²) in [4.78, 5) is 70.1. The van der Waals surface area contributed by atoms with E-state index in [4.69, 9.17) is 18.0 Å². The molecule has 2 aromatic carbocycles. The average Bonchev–Trinajstić information content (AvgIpc) is 2.98. The van der Waals surface area contributed by atoms with Crippen molar-refractivity contribution in [2.75, 3.05) is 43.7 Å². The topological polar surface area (TPSA) is 182 Å². The number of hydrogen-bond donors (Lipinski definition) is 5. The number of aliphatic hydroxyl groups is 1. The second-order valence-electron chi connectivity index (χ2n) is 13.2. The van der Waals surface area contributed by atoms with Crippen LogP contribution in [0.5, 0.6) is 5.75 Å². The number of benzene rings is 2. The Balaban J connectivity index is 1.55. The third-order valence-corrected chi connectivity index (χ3v) is 9.82. The van der Waals surface area contributed by atoms with Gasteiger partial charge in [-0.3, -0.25) is 28.9 Å². The van der Waals surface area contributed by atoms with Gasteiger partial charge in [0.2, 0.25) is 5.91 Å². The monoisotopic (exact) mass is 743 g/mol. The van der Waals surface area contributed by atoms with E-state index in [-0.39, 0.29) is 30.2 Å². The van der Waals surface area contributed by atoms with Crippen LogP contribution in [-0.2, 0) is 38.0 Å². The molecule has 3 aliphatic rings. The molecule has 0 saturated heterocycles. The summed E-state index contributed by atoms with van der Waals surface area (Å²) in [5.41, 5.74) is -1.77. The Morgan fingerprint density at radius 2 is 1.51 bits per heavy atom. The number of anilines is 3. The Labute approximate surface area is 290 Å². The molecule has 0 spiro atoms. The summed E-state index contributed by atoms with van der Waals surface area (Å²) < 4.78 is 80.3. The summed E-state index contributed by atoms with van der Waals surface area (Å²) in [7, 11) is 6.04. The number of Topliss-reactive ketones (excluding diaryl/α,β-unsaturated/α-hetero) is 4. The Morgan fingerprint density at radius 1 is 0.941 bits per heavy atom. The number of hydrogen-bond acceptors (Lipinski definition) is 10. The first-order valence-corrected chi connectivity index (χ1v) is 15.6. The maximum absolute atomic E-state index is 14.2. The lowest BCUT2D eigenvalue weighted by atomic mass is 9.52. The number of carbonyl (C=O) groups is 5. The lowest BCUT2D eigenvalue weighted by Crippen LogP contribution is -2.74. The van der Waals surface area contributed by atoms with Crippen molar-refractivity contribution in [3.05, 3.63) is 46.5 Å². The fourth-order valence-electron chi connectivity index (χ4n) is 7.46. The van der Waals surface area contributed by atoms with Gasteiger partial charge in [-0.05, 0) is 74.9 Å². The molecule has 19 heteroatoms. The lowest BCUT2D eigenvalue weighted by Gasteiger charge is -2.52. The van der Waals surface area contributed by atoms with E-state index in [2.05, 4.69) is 10.6 Å². The van der Waals surface area contributed by atoms with E-state index in [0.29, 0.717) is 17.8 Å². The van der Waals surface area contributed by atoms with Crippen LogP contribution in [0.1, 0.15) is 33.5 Å². The molecule has 2 aromatic rings. The third-order valence-electron chi connectivity index (χ3n) is 9.61. The van der Waals surface area contributed by atoms with Gasteiger partial charge >= 0.3 is 12.4 Å². The quantitative estimate of drug-likeness (QED) is 0.131. The molecular formula is C32H31F6N5O7S. The molecule has 6 atom stereocenters. The van der Waals surface area contributed by atoms with Gasteiger partial charge in [-0.15, -0.1) is 0 Å². The number of thiocarbonyl (C=S) groups is 1. The summed E-state index contributed by atoms with van der Waals surface area (Å²) in [5.74, 6) is -12.9. The number of phenols is 1. The highest BCUT2D eigenvalue weighted by Crippen LogP contribution is 2.53. The lowest BCUT2D eigenvalue weighted by molar-refractivity contribution is -0.181. The Morgan fingerprint density at radius 3 is 2.00 bits per heavy atom. The molecule has 2 unspecified atom stereocenters. The number of nitrogens with zero attached hydrogens (tertiary/aromatic N) is 2. The molecule has 12 nitrogen and oxygen atoms in total. The summed E-state index contributed by atoms with van der Waals surface area (Å²) in [6, 6.07) is 0.732. The average molecular weight is 744 g/mol. The first-order chi connectivity index (χ1) is 23.4. The molecule has 2 fully saturated rings. The van der Waals surface area contributed by atoms with E-state index < -0.39 is 110 Å². The molecule has 3 aliphatic carbocycles. The van der Waals surface area contributed by atoms with Crippen molar-refractivity contribution >= 4 is 63.4 Å². The number of ketones is 4. The van der Waals surface area contributed by atoms with Crippen molar-refractivity contribution in [2.24, 2.45) is 29.4 Å². The number of nitrogens with one attached hydrogen (secondary N) is 2. The van der Waals surface area contributed by atoms with Crippen LogP contribution in [-0.4, -0.2) is 89.1 Å². The van der Waals surface area contributed by atoms with Crippen LogP contribution < -0.4 is 21.3 Å². The fraction of sp³-hybridized carbons (Fsp3) is 0.438. The zero-order chi connectivity index (χ0) is 38.3. The number of fused-ring (bicyclic) bond motifs is 3. The number of likely N-dealkylation sites (N-methyl/N-ethyl adjacent to an activating group) is 1. The van der Waals surface area contributed by atoms with Gasteiger partial charge in [0.15, 0.2) is 39.8 Å². The van der Waals surface area contributed by atoms with Crippen molar-refractivity contribution in [1.82, 2.24) is 4.90 Å². The highest BCUT2D eigenvalue weighted by Gasteiger charge is 2.69. The van der Waals surface area contributed by atoms with Gasteiger partial charge in [0.1, 0.15) is 5.75 Å². The van der Waals surface area contributed by atoms with Crippen LogP contribution in [0.4, 0.5) is 43.4 Å². The first-order valence-electron chi connectivity index (χ1n) is 15.2. The van der Waals surface area contributed by atoms with Gasteiger partial charge in [0.25, 0.3) is 0 Å². The first kappa shape index (κ1) is 37.6. The predicted octanol–water partition coefficient (Wildman–Crippen LogP) is 2.78. The van der Waals surface area contributed by atoms with Gasteiger partial charge in [0, 0.05) is 31.4 Å². The molecule has 0 bridgehead atoms. The van der Waals surface area contributed by atoms with Crippen LogP contribution in [0.3, 0.4) is 0 Å². The minimum absolute atomic E-state index is 0.0691. The molecule has 0 aromatic heterocycles. The number of primary amides is 1. The SMILES string of the molecule is CN(C)c1cc(NC(=S)Nc2cc(C(F)(F)F)cc(C(F)(F)F)c2)c(O)c2c1C[C@@H]1C[C@H]3[C@H](N(C)C)C(=O)C(C(N)=O)C(=O)[C@@]3(O)C(=O)C1C2=O. The largest absolute Gasteiger partial charge is 0.505 e. The summed E-state index contributed by atoms with van der Waals surface area (Å²) in [5, 5.41) is 27.3. The molecule has 1 amide bonds. The Kier molecular flexibility index (Phi) is 9.26. The van der Waals surface area contributed by atoms with Gasteiger partial charge in [-0.25, -0.2) is 0 Å². The Hall–Kier alpha value is -4.62. The van der Waals surface area contributed by atoms with E-state index >= 15 is 0 Å². The molecule has 2 saturated carbocycles. The van der Waals surface area contributed by atoms with E-state index in [1.54, 1.807) is 14.1 Å². The van der Waals surface area contributed by atoms with Crippen molar-refractivity contribution < 1.29 is 60.5 Å². The minimum Gasteiger partial charge on any atom is -0.505 e. The molecule has 6 N–H and O–H groups in total. The standard InChI is InChI=1S/C32H31F6N5O7S/c1-42(2)18-10-17(41-29(51)40-14-8-12(31(33,34)35)7-13(9-14)32(36,37)38)23(44)20-15(18)5-11-6-16-22(43(3)4)25(46)21(28(39)49)27(48)30(16,50)26(47)19(11)24(20)45/h7-11,16,19,21-22,44,50H,5-6H2,1-4H3,(H2,39,49)(H2,40,41,51)/t11-,16+,19?,21?,22+,30+/m1/s1. The second kappa shape index (κ2) is 12.6. The second-order valence-corrected chi connectivity index (χ2v) is 13.6. The number of halogens is 6. The van der Waals surface area contributed by atoms with Crippen LogP contribution >= 0.6 is 12.2 Å². The van der Waals surface area contributed by atoms with E-state index in [9.17, 15) is 60.5 Å². The van der Waals surface area contributed by atoms with Gasteiger partial charge in [0.05, 0.1) is 34.3 Å². The zero-order valence-corrected chi connectivity index (χ0v) is 28.0. The highest BCUT2D eigenvalue weighted by molar-refractivity contribution is 7.80. The molecule has 274 valence electrons. The van der Waals surface area contributed by atoms with Gasteiger partial charge in [-0.2, -0.15) is 26.3 Å². The number of amides is 1. The molecule has 0 radical (unpaired) electrons. The molecule has 5 rings (SSSR count). The van der Waals surface area contributed by atoms with Gasteiger partial charge < -0.3 is 31.5 Å². The third kappa shape index (κ3) is 6.20. The number of nitrogens with two attached hydrogens (primary N) is 1. The smallest absolute Gasteiger partial charge is 0.416 e. The number of aromatic hydroxyl groups is 1. The summed E-state index contributed by atoms with van der Waals surface area (Å²) in [6.45, 7) is 0. The van der Waals surface area contributed by atoms with Crippen LogP contribution in [0, 0.1) is 23.7 Å². The Bertz CT molecular complexity index is 1870. The number of alkyl halides is 6. The van der Waals surface area contributed by atoms with Gasteiger partial charge in [-0.1, -0.05) is 0 Å². The van der Waals surface area contributed by atoms with E-state index in [1.807, 2.05) is 0 Å². The molecule has 0 aliphatic heterocycles. The fourth-order valence-corrected chi connectivity index (χ4v) is 7.69. The number of phenolic OH excluding ortho intramolecular Hbond substituents is 1. The summed E-state index contributed by atoms with van der Waals surface area (Å²) in [6.07, 6.45) is -10.5. The highest BCUT2D eigenvalue weighted by atomic mass is 32.1. The van der Waals surface area contributed by atoms with Crippen LogP contribution in [0.2, 0.25) is 0 Å².